The number of anilines is 1. The number of rotatable bonds is 5. The van der Waals surface area contributed by atoms with Gasteiger partial charge in [0.15, 0.2) is 11.5 Å². The third kappa shape index (κ3) is 4.35. The number of aromatic nitrogens is 1. The molecule has 6 nitrogen and oxygen atoms in total. The third-order valence-corrected chi connectivity index (χ3v) is 5.58. The Bertz CT molecular complexity index is 1530. The molecule has 0 aliphatic rings. The average molecular weight is 477 g/mol. The van der Waals surface area contributed by atoms with Crippen LogP contribution in [0.5, 0.6) is 0 Å². The second-order valence-electron chi connectivity index (χ2n) is 7.83. The maximum absolute atomic E-state index is 13.1. The van der Waals surface area contributed by atoms with E-state index in [2.05, 4.69) is 10.5 Å². The molecular weight excluding hydrogens is 459 g/mol. The van der Waals surface area contributed by atoms with Crippen LogP contribution in [0.15, 0.2) is 87.8 Å². The molecule has 0 radical (unpaired) electrons. The highest BCUT2D eigenvalue weighted by atomic mass is 19.4. The first-order valence-electron chi connectivity index (χ1n) is 10.6. The van der Waals surface area contributed by atoms with E-state index >= 15 is 0 Å². The summed E-state index contributed by atoms with van der Waals surface area (Å²) < 4.78 is 50.0. The minimum Gasteiger partial charge on any atom is -0.454 e. The Labute approximate surface area is 197 Å². The van der Waals surface area contributed by atoms with E-state index in [4.69, 9.17) is 14.7 Å². The lowest BCUT2D eigenvalue weighted by molar-refractivity contribution is -0.137. The van der Waals surface area contributed by atoms with Crippen LogP contribution in [-0.2, 0) is 12.7 Å². The second kappa shape index (κ2) is 8.68. The summed E-state index contributed by atoms with van der Waals surface area (Å²) in [6, 6.07) is 21.3. The van der Waals surface area contributed by atoms with E-state index in [1.165, 1.54) is 24.3 Å². The molecule has 0 aliphatic heterocycles. The van der Waals surface area contributed by atoms with Crippen LogP contribution in [0.25, 0.3) is 33.6 Å². The van der Waals surface area contributed by atoms with Crippen LogP contribution < -0.4 is 11.1 Å². The van der Waals surface area contributed by atoms with Crippen molar-refractivity contribution in [3.8, 4) is 22.8 Å². The molecule has 1 amide bonds. The predicted molar refractivity (Wildman–Crippen MR) is 124 cm³/mol. The Morgan fingerprint density at radius 2 is 1.69 bits per heavy atom. The maximum Gasteiger partial charge on any atom is 0.416 e. The molecule has 0 aliphatic carbocycles. The average Bonchev–Trinajstić information content (AvgIpc) is 3.49. The number of nitrogens with zero attached hydrogens (tertiary/aromatic N) is 1. The van der Waals surface area contributed by atoms with Gasteiger partial charge in [-0.25, -0.2) is 0 Å². The lowest BCUT2D eigenvalue weighted by Gasteiger charge is -2.08. The van der Waals surface area contributed by atoms with E-state index in [1.54, 1.807) is 0 Å². The SMILES string of the molecule is Nc1onc(-c2ccc(-c3cccc(C(F)(F)F)c3)o2)c1C(=O)NCc1cccc2ccccc12. The molecule has 3 aromatic carbocycles. The van der Waals surface area contributed by atoms with Gasteiger partial charge in [-0.1, -0.05) is 59.8 Å². The number of carbonyl (C=O) groups is 1. The largest absolute Gasteiger partial charge is 0.454 e. The van der Waals surface area contributed by atoms with Crippen molar-refractivity contribution < 1.29 is 26.9 Å². The fourth-order valence-electron chi connectivity index (χ4n) is 3.87. The van der Waals surface area contributed by atoms with Crippen LogP contribution in [0.3, 0.4) is 0 Å². The van der Waals surface area contributed by atoms with Gasteiger partial charge >= 0.3 is 6.18 Å². The molecule has 176 valence electrons. The molecule has 0 saturated heterocycles. The van der Waals surface area contributed by atoms with Gasteiger partial charge < -0.3 is 20.0 Å². The number of benzene rings is 3. The van der Waals surface area contributed by atoms with Crippen molar-refractivity contribution in [1.82, 2.24) is 10.5 Å². The maximum atomic E-state index is 13.1. The molecule has 0 atom stereocenters. The molecule has 2 heterocycles. The minimum atomic E-state index is -4.48. The number of nitrogens with two attached hydrogens (primary N) is 1. The van der Waals surface area contributed by atoms with Gasteiger partial charge in [-0.15, -0.1) is 0 Å². The first-order valence-corrected chi connectivity index (χ1v) is 10.6. The van der Waals surface area contributed by atoms with Crippen molar-refractivity contribution in [2.75, 3.05) is 5.73 Å². The first-order chi connectivity index (χ1) is 16.8. The summed E-state index contributed by atoms with van der Waals surface area (Å²) in [4.78, 5) is 13.0. The molecule has 0 spiro atoms. The lowest BCUT2D eigenvalue weighted by atomic mass is 10.0. The lowest BCUT2D eigenvalue weighted by Crippen LogP contribution is -2.24. The summed E-state index contributed by atoms with van der Waals surface area (Å²) in [5.41, 5.74) is 6.24. The summed E-state index contributed by atoms with van der Waals surface area (Å²) in [6.45, 7) is 0.234. The van der Waals surface area contributed by atoms with Gasteiger partial charge in [0.1, 0.15) is 11.3 Å². The van der Waals surface area contributed by atoms with Crippen molar-refractivity contribution in [2.45, 2.75) is 12.7 Å². The number of halogens is 3. The number of fused-ring (bicyclic) bond motifs is 1. The zero-order chi connectivity index (χ0) is 24.6. The van der Waals surface area contributed by atoms with Gasteiger partial charge in [-0.2, -0.15) is 13.2 Å². The summed E-state index contributed by atoms with van der Waals surface area (Å²) >= 11 is 0. The van der Waals surface area contributed by atoms with Gasteiger partial charge in [0.25, 0.3) is 5.91 Å². The van der Waals surface area contributed by atoms with Crippen molar-refractivity contribution in [1.29, 1.82) is 0 Å². The Kier molecular flexibility index (Phi) is 5.52. The van der Waals surface area contributed by atoms with Crippen molar-refractivity contribution in [2.24, 2.45) is 0 Å². The van der Waals surface area contributed by atoms with Crippen LogP contribution in [-0.4, -0.2) is 11.1 Å². The van der Waals surface area contributed by atoms with Crippen molar-refractivity contribution >= 4 is 22.6 Å². The van der Waals surface area contributed by atoms with E-state index in [9.17, 15) is 18.0 Å². The molecule has 0 fully saturated rings. The summed E-state index contributed by atoms with van der Waals surface area (Å²) in [6.07, 6.45) is -4.48. The van der Waals surface area contributed by atoms with E-state index in [1.807, 2.05) is 42.5 Å². The topological polar surface area (TPSA) is 94.3 Å². The number of hydrogen-bond acceptors (Lipinski definition) is 5. The molecule has 0 saturated carbocycles. The Morgan fingerprint density at radius 1 is 0.943 bits per heavy atom. The number of furan rings is 1. The summed E-state index contributed by atoms with van der Waals surface area (Å²) in [5.74, 6) is -0.418. The molecule has 5 rings (SSSR count). The molecular formula is C26H18F3N3O3. The van der Waals surface area contributed by atoms with Gasteiger partial charge in [0.2, 0.25) is 5.88 Å². The molecule has 9 heteroatoms. The molecule has 35 heavy (non-hydrogen) atoms. The number of alkyl halides is 3. The van der Waals surface area contributed by atoms with Gasteiger partial charge in [-0.3, -0.25) is 4.79 Å². The highest BCUT2D eigenvalue weighted by Crippen LogP contribution is 2.35. The van der Waals surface area contributed by atoms with Crippen LogP contribution in [0.1, 0.15) is 21.5 Å². The number of amides is 1. The fraction of sp³-hybridized carbons (Fsp3) is 0.0769. The monoisotopic (exact) mass is 477 g/mol. The molecule has 5 aromatic rings. The quantitative estimate of drug-likeness (QED) is 0.310. The van der Waals surface area contributed by atoms with E-state index in [-0.39, 0.29) is 40.8 Å². The summed E-state index contributed by atoms with van der Waals surface area (Å²) in [5, 5.41) is 8.71. The van der Waals surface area contributed by atoms with E-state index < -0.39 is 17.6 Å². The fourth-order valence-corrected chi connectivity index (χ4v) is 3.87. The summed E-state index contributed by atoms with van der Waals surface area (Å²) in [7, 11) is 0. The second-order valence-corrected chi connectivity index (χ2v) is 7.83. The van der Waals surface area contributed by atoms with Crippen LogP contribution >= 0.6 is 0 Å². The van der Waals surface area contributed by atoms with Crippen LogP contribution in [0.4, 0.5) is 19.1 Å². The highest BCUT2D eigenvalue weighted by molar-refractivity contribution is 6.03. The zero-order valence-electron chi connectivity index (χ0n) is 18.1. The van der Waals surface area contributed by atoms with Crippen molar-refractivity contribution in [3.63, 3.8) is 0 Å². The predicted octanol–water partition coefficient (Wildman–Crippen LogP) is 6.29. The van der Waals surface area contributed by atoms with E-state index in [0.717, 1.165) is 28.5 Å². The normalized spacial score (nSPS) is 11.6. The minimum absolute atomic E-state index is 0.0184. The van der Waals surface area contributed by atoms with E-state index in [0.29, 0.717) is 0 Å². The zero-order valence-corrected chi connectivity index (χ0v) is 18.1. The standard InChI is InChI=1S/C26H18F3N3O3/c27-26(28,29)18-9-4-7-16(13-18)20-11-12-21(34-20)23-22(24(30)35-32-23)25(33)31-14-17-8-3-6-15-5-1-2-10-19(15)17/h1-13H,14,30H2,(H,31,33). The number of nitrogens with one attached hydrogen (secondary N) is 1. The van der Waals surface area contributed by atoms with Gasteiger partial charge in [0, 0.05) is 12.1 Å². The number of nitrogen functional groups attached to an aromatic ring is 1. The van der Waals surface area contributed by atoms with Gasteiger partial charge in [-0.05, 0) is 40.6 Å². The molecule has 0 unspecified atom stereocenters. The smallest absolute Gasteiger partial charge is 0.416 e. The molecule has 3 N–H and O–H groups in total. The number of carbonyl (C=O) groups excluding carboxylic acids is 1. The van der Waals surface area contributed by atoms with Crippen LogP contribution in [0, 0.1) is 0 Å². The Morgan fingerprint density at radius 3 is 2.51 bits per heavy atom. The molecule has 0 bridgehead atoms. The highest BCUT2D eigenvalue weighted by Gasteiger charge is 2.31. The van der Waals surface area contributed by atoms with Gasteiger partial charge in [0.05, 0.1) is 5.56 Å². The third-order valence-electron chi connectivity index (χ3n) is 5.58. The Hall–Kier alpha value is -4.53. The molecule has 2 aromatic heterocycles. The number of hydrogen-bond donors (Lipinski definition) is 2. The van der Waals surface area contributed by atoms with Crippen LogP contribution in [0.2, 0.25) is 0 Å². The first kappa shape index (κ1) is 22.3. The Balaban J connectivity index is 1.40. The van der Waals surface area contributed by atoms with Crippen molar-refractivity contribution in [3.05, 3.63) is 95.6 Å².